The van der Waals surface area contributed by atoms with Gasteiger partial charge in [0.2, 0.25) is 0 Å². The summed E-state index contributed by atoms with van der Waals surface area (Å²) in [4.78, 5) is 21.4. The van der Waals surface area contributed by atoms with Crippen molar-refractivity contribution >= 4 is 11.9 Å². The van der Waals surface area contributed by atoms with Crippen molar-refractivity contribution in [3.63, 3.8) is 0 Å². The fraction of sp³-hybridized carbons (Fsp3) is 0.727. The van der Waals surface area contributed by atoms with Crippen molar-refractivity contribution in [2.75, 3.05) is 18.0 Å². The van der Waals surface area contributed by atoms with Gasteiger partial charge in [-0.15, -0.1) is 0 Å². The van der Waals surface area contributed by atoms with E-state index in [9.17, 15) is 4.79 Å². The molecule has 0 radical (unpaired) electrons. The van der Waals surface area contributed by atoms with Crippen molar-refractivity contribution in [3.8, 4) is 0 Å². The molecule has 4 rings (SSSR count). The predicted molar refractivity (Wildman–Crippen MR) is 108 cm³/mol. The third-order valence-corrected chi connectivity index (χ3v) is 6.09. The van der Waals surface area contributed by atoms with Gasteiger partial charge in [0.05, 0.1) is 12.2 Å². The van der Waals surface area contributed by atoms with Crippen molar-refractivity contribution in [3.05, 3.63) is 24.4 Å². The van der Waals surface area contributed by atoms with Gasteiger partial charge >= 0.3 is 6.09 Å². The summed E-state index contributed by atoms with van der Waals surface area (Å²) in [7, 11) is 0. The number of piperidine rings is 2. The molecular weight excluding hydrogens is 354 g/mol. The minimum atomic E-state index is -0.439. The van der Waals surface area contributed by atoms with Crippen LogP contribution in [0.15, 0.2) is 24.4 Å². The predicted octanol–water partition coefficient (Wildman–Crippen LogP) is 4.00. The van der Waals surface area contributed by atoms with E-state index in [0.717, 1.165) is 57.4 Å². The maximum absolute atomic E-state index is 12.6. The van der Waals surface area contributed by atoms with Crippen LogP contribution in [0.4, 0.5) is 10.6 Å². The minimum Gasteiger partial charge on any atom is -0.444 e. The Morgan fingerprint density at radius 3 is 2.29 bits per heavy atom. The highest BCUT2D eigenvalue weighted by Gasteiger charge is 2.45. The lowest BCUT2D eigenvalue weighted by Crippen LogP contribution is -2.51. The number of ether oxygens (including phenoxy) is 2. The minimum absolute atomic E-state index is 0.151. The molecule has 0 spiro atoms. The van der Waals surface area contributed by atoms with Gasteiger partial charge in [-0.1, -0.05) is 6.07 Å². The molecule has 1 unspecified atom stereocenters. The summed E-state index contributed by atoms with van der Waals surface area (Å²) in [5.41, 5.74) is -0.439. The Bertz CT molecular complexity index is 653. The molecule has 0 saturated carbocycles. The van der Waals surface area contributed by atoms with Gasteiger partial charge in [0, 0.05) is 31.4 Å². The molecule has 3 fully saturated rings. The zero-order valence-electron chi connectivity index (χ0n) is 17.3. The van der Waals surface area contributed by atoms with E-state index in [2.05, 4.69) is 16.0 Å². The molecule has 28 heavy (non-hydrogen) atoms. The molecule has 3 saturated heterocycles. The van der Waals surface area contributed by atoms with Crippen LogP contribution in [0, 0.1) is 0 Å². The Hall–Kier alpha value is -1.82. The fourth-order valence-electron chi connectivity index (χ4n) is 4.88. The molecule has 4 heterocycles. The zero-order chi connectivity index (χ0) is 19.7. The molecule has 1 aromatic heterocycles. The number of nitrogens with zero attached hydrogens (tertiary/aromatic N) is 3. The Morgan fingerprint density at radius 1 is 1.04 bits per heavy atom. The van der Waals surface area contributed by atoms with Crippen LogP contribution in [-0.2, 0) is 9.47 Å². The summed E-state index contributed by atoms with van der Waals surface area (Å²) in [6.07, 6.45) is 8.39. The smallest absolute Gasteiger partial charge is 0.410 e. The number of hydrogen-bond acceptors (Lipinski definition) is 5. The Balaban J connectivity index is 1.27. The van der Waals surface area contributed by atoms with Gasteiger partial charge in [-0.3, -0.25) is 0 Å². The van der Waals surface area contributed by atoms with Crippen LogP contribution in [0.25, 0.3) is 0 Å². The van der Waals surface area contributed by atoms with Crippen LogP contribution in [0.2, 0.25) is 0 Å². The lowest BCUT2D eigenvalue weighted by Gasteiger charge is -2.41. The molecule has 3 aliphatic heterocycles. The molecule has 6 heteroatoms. The second-order valence-electron chi connectivity index (χ2n) is 9.38. The number of carbonyl (C=O) groups is 1. The first-order chi connectivity index (χ1) is 13.4. The molecule has 2 bridgehead atoms. The molecule has 3 aliphatic rings. The van der Waals surface area contributed by atoms with Gasteiger partial charge in [-0.05, 0) is 71.4 Å². The van der Waals surface area contributed by atoms with Crippen molar-refractivity contribution in [1.82, 2.24) is 9.88 Å². The van der Waals surface area contributed by atoms with E-state index in [4.69, 9.17) is 9.47 Å². The molecule has 154 valence electrons. The Labute approximate surface area is 168 Å². The molecule has 1 amide bonds. The van der Waals surface area contributed by atoms with Crippen molar-refractivity contribution < 1.29 is 14.3 Å². The quantitative estimate of drug-likeness (QED) is 0.785. The van der Waals surface area contributed by atoms with Crippen LogP contribution < -0.4 is 4.90 Å². The first kappa shape index (κ1) is 19.5. The largest absolute Gasteiger partial charge is 0.444 e. The van der Waals surface area contributed by atoms with Gasteiger partial charge in [0.25, 0.3) is 0 Å². The molecule has 1 aromatic rings. The number of rotatable bonds is 3. The highest BCUT2D eigenvalue weighted by molar-refractivity contribution is 5.69. The monoisotopic (exact) mass is 387 g/mol. The van der Waals surface area contributed by atoms with Crippen molar-refractivity contribution in [2.24, 2.45) is 0 Å². The van der Waals surface area contributed by atoms with Gasteiger partial charge in [-0.25, -0.2) is 9.78 Å². The summed E-state index contributed by atoms with van der Waals surface area (Å²) in [6.45, 7) is 7.77. The van der Waals surface area contributed by atoms with Gasteiger partial charge < -0.3 is 19.3 Å². The lowest BCUT2D eigenvalue weighted by atomic mass is 9.99. The second kappa shape index (κ2) is 7.90. The Kier molecular flexibility index (Phi) is 5.50. The maximum Gasteiger partial charge on any atom is 0.410 e. The zero-order valence-corrected chi connectivity index (χ0v) is 17.3. The number of hydrogen-bond donors (Lipinski definition) is 0. The van der Waals surface area contributed by atoms with Crippen molar-refractivity contribution in [2.45, 2.75) is 89.2 Å². The summed E-state index contributed by atoms with van der Waals surface area (Å²) in [5.74, 6) is 1.06. The highest BCUT2D eigenvalue weighted by atomic mass is 16.6. The molecule has 0 aromatic carbocycles. The van der Waals surface area contributed by atoms with E-state index in [1.54, 1.807) is 0 Å². The van der Waals surface area contributed by atoms with Crippen LogP contribution in [0.3, 0.4) is 0 Å². The topological polar surface area (TPSA) is 54.9 Å². The van der Waals surface area contributed by atoms with Crippen LogP contribution in [-0.4, -0.2) is 59.0 Å². The van der Waals surface area contributed by atoms with E-state index in [1.165, 1.54) is 0 Å². The SMILES string of the molecule is CC(C)(C)OC(=O)N1[C@@H]2CC[C@H]1CC(OC1CCN(c3ccccn3)CC1)C2. The van der Waals surface area contributed by atoms with Gasteiger partial charge in [-0.2, -0.15) is 0 Å². The maximum atomic E-state index is 12.6. The molecule has 0 N–H and O–H groups in total. The first-order valence-electron chi connectivity index (χ1n) is 10.7. The molecule has 0 aliphatic carbocycles. The van der Waals surface area contributed by atoms with Gasteiger partial charge in [0.1, 0.15) is 11.4 Å². The van der Waals surface area contributed by atoms with Crippen LogP contribution in [0.5, 0.6) is 0 Å². The molecule has 6 nitrogen and oxygen atoms in total. The molecular formula is C22H33N3O3. The van der Waals surface area contributed by atoms with E-state index >= 15 is 0 Å². The van der Waals surface area contributed by atoms with Crippen LogP contribution >= 0.6 is 0 Å². The number of anilines is 1. The summed E-state index contributed by atoms with van der Waals surface area (Å²) < 4.78 is 12.1. The normalized spacial score (nSPS) is 28.5. The van der Waals surface area contributed by atoms with E-state index in [-0.39, 0.29) is 24.3 Å². The Morgan fingerprint density at radius 2 is 1.71 bits per heavy atom. The van der Waals surface area contributed by atoms with E-state index in [1.807, 2.05) is 44.0 Å². The fourth-order valence-corrected chi connectivity index (χ4v) is 4.88. The average molecular weight is 388 g/mol. The number of amides is 1. The standard InChI is InChI=1S/C22H33N3O3/c1-22(2,3)28-21(26)25-16-7-8-17(25)15-19(14-16)27-18-9-12-24(13-10-18)20-6-4-5-11-23-20/h4-6,11,16-19H,7-10,12-15H2,1-3H3/t16-,17+,19?. The van der Waals surface area contributed by atoms with E-state index < -0.39 is 5.60 Å². The number of aromatic nitrogens is 1. The summed E-state index contributed by atoms with van der Waals surface area (Å²) in [5, 5.41) is 0. The first-order valence-corrected chi connectivity index (χ1v) is 10.7. The second-order valence-corrected chi connectivity index (χ2v) is 9.38. The highest BCUT2D eigenvalue weighted by Crippen LogP contribution is 2.38. The summed E-state index contributed by atoms with van der Waals surface area (Å²) >= 11 is 0. The average Bonchev–Trinajstić information content (AvgIpc) is 2.93. The van der Waals surface area contributed by atoms with E-state index in [0.29, 0.717) is 6.10 Å². The third-order valence-electron chi connectivity index (χ3n) is 6.09. The number of fused-ring (bicyclic) bond motifs is 2. The van der Waals surface area contributed by atoms with Gasteiger partial charge in [0.15, 0.2) is 0 Å². The summed E-state index contributed by atoms with van der Waals surface area (Å²) in [6, 6.07) is 6.61. The third kappa shape index (κ3) is 4.43. The number of pyridine rings is 1. The van der Waals surface area contributed by atoms with Crippen molar-refractivity contribution in [1.29, 1.82) is 0 Å². The lowest BCUT2D eigenvalue weighted by molar-refractivity contribution is -0.0701. The number of carbonyl (C=O) groups excluding carboxylic acids is 1. The molecule has 3 atom stereocenters. The van der Waals surface area contributed by atoms with Crippen LogP contribution in [0.1, 0.15) is 59.3 Å².